The second-order valence-corrected chi connectivity index (χ2v) is 4.51. The Balaban J connectivity index is 1.87. The van der Waals surface area contributed by atoms with Crippen LogP contribution in [0.1, 0.15) is 25.3 Å². The lowest BCUT2D eigenvalue weighted by Crippen LogP contribution is -2.05. The lowest BCUT2D eigenvalue weighted by molar-refractivity contribution is 0.409. The molecule has 0 saturated carbocycles. The van der Waals surface area contributed by atoms with Gasteiger partial charge >= 0.3 is 0 Å². The first-order chi connectivity index (χ1) is 7.75. The molecular weight excluding hydrogens is 196 g/mol. The van der Waals surface area contributed by atoms with E-state index in [1.54, 1.807) is 0 Å². The third-order valence-corrected chi connectivity index (χ3v) is 3.18. The van der Waals surface area contributed by atoms with Crippen LogP contribution in [0.25, 0.3) is 0 Å². The number of rotatable bonds is 3. The van der Waals surface area contributed by atoms with E-state index >= 15 is 0 Å². The molecule has 0 saturated heterocycles. The first kappa shape index (κ1) is 11.0. The maximum atomic E-state index is 9.47. The highest BCUT2D eigenvalue weighted by atomic mass is 16.3. The van der Waals surface area contributed by atoms with E-state index in [1.807, 2.05) is 13.0 Å². The van der Waals surface area contributed by atoms with E-state index in [1.165, 1.54) is 5.56 Å². The van der Waals surface area contributed by atoms with Gasteiger partial charge in [0.1, 0.15) is 5.76 Å². The Kier molecular flexibility index (Phi) is 3.45. The summed E-state index contributed by atoms with van der Waals surface area (Å²) < 4.78 is 0. The molecule has 0 fully saturated rings. The monoisotopic (exact) mass is 214 g/mol. The summed E-state index contributed by atoms with van der Waals surface area (Å²) in [5.41, 5.74) is 2.51. The SMILES string of the molecule is CC1=C(O)C=CC(CCc2ccccc2)C1. The Morgan fingerprint density at radius 3 is 2.69 bits per heavy atom. The highest BCUT2D eigenvalue weighted by molar-refractivity contribution is 5.24. The highest BCUT2D eigenvalue weighted by Crippen LogP contribution is 2.25. The number of allylic oxidation sites excluding steroid dienone is 3. The van der Waals surface area contributed by atoms with Gasteiger partial charge in [0.25, 0.3) is 0 Å². The molecule has 1 aliphatic carbocycles. The van der Waals surface area contributed by atoms with Gasteiger partial charge in [0.2, 0.25) is 0 Å². The van der Waals surface area contributed by atoms with Gasteiger partial charge in [0.15, 0.2) is 0 Å². The van der Waals surface area contributed by atoms with E-state index in [0.29, 0.717) is 11.7 Å². The quantitative estimate of drug-likeness (QED) is 0.805. The predicted molar refractivity (Wildman–Crippen MR) is 67.3 cm³/mol. The van der Waals surface area contributed by atoms with E-state index < -0.39 is 0 Å². The maximum Gasteiger partial charge on any atom is 0.114 e. The number of hydrogen-bond donors (Lipinski definition) is 1. The van der Waals surface area contributed by atoms with Crippen molar-refractivity contribution < 1.29 is 5.11 Å². The molecule has 1 aromatic rings. The van der Waals surface area contributed by atoms with Crippen molar-refractivity contribution in [2.24, 2.45) is 5.92 Å². The van der Waals surface area contributed by atoms with Gasteiger partial charge in [-0.2, -0.15) is 0 Å². The fourth-order valence-electron chi connectivity index (χ4n) is 2.13. The standard InChI is InChI=1S/C15H18O/c1-12-11-14(9-10-15(12)16)8-7-13-5-3-2-4-6-13/h2-6,9-10,14,16H,7-8,11H2,1H3. The van der Waals surface area contributed by atoms with Crippen LogP contribution in [0.15, 0.2) is 53.8 Å². The molecule has 1 heteroatoms. The topological polar surface area (TPSA) is 20.2 Å². The van der Waals surface area contributed by atoms with Gasteiger partial charge in [-0.05, 0) is 49.3 Å². The second-order valence-electron chi connectivity index (χ2n) is 4.51. The van der Waals surface area contributed by atoms with Crippen molar-refractivity contribution in [2.75, 3.05) is 0 Å². The normalized spacial score (nSPS) is 20.2. The molecule has 1 atom stereocenters. The molecule has 1 unspecified atom stereocenters. The molecule has 0 aromatic heterocycles. The molecule has 0 bridgehead atoms. The van der Waals surface area contributed by atoms with Gasteiger partial charge in [-0.15, -0.1) is 0 Å². The van der Waals surface area contributed by atoms with Crippen molar-refractivity contribution in [1.82, 2.24) is 0 Å². The number of aliphatic hydroxyl groups is 1. The molecule has 1 aliphatic rings. The van der Waals surface area contributed by atoms with Gasteiger partial charge in [-0.25, -0.2) is 0 Å². The summed E-state index contributed by atoms with van der Waals surface area (Å²) in [6.45, 7) is 2.01. The number of aryl methyl sites for hydroxylation is 1. The Bertz CT molecular complexity index is 401. The largest absolute Gasteiger partial charge is 0.508 e. The molecule has 0 aliphatic heterocycles. The lowest BCUT2D eigenvalue weighted by atomic mass is 9.89. The van der Waals surface area contributed by atoms with Gasteiger partial charge in [0.05, 0.1) is 0 Å². The second kappa shape index (κ2) is 5.02. The maximum absolute atomic E-state index is 9.47. The summed E-state index contributed by atoms with van der Waals surface area (Å²) in [4.78, 5) is 0. The van der Waals surface area contributed by atoms with Crippen LogP contribution in [0.5, 0.6) is 0 Å². The molecule has 0 heterocycles. The molecule has 0 radical (unpaired) electrons. The Labute approximate surface area is 97.1 Å². The molecule has 0 amide bonds. The van der Waals surface area contributed by atoms with Crippen molar-refractivity contribution in [3.05, 3.63) is 59.4 Å². The van der Waals surface area contributed by atoms with Crippen LogP contribution in [-0.4, -0.2) is 5.11 Å². The van der Waals surface area contributed by atoms with Crippen molar-refractivity contribution in [2.45, 2.75) is 26.2 Å². The number of hydrogen-bond acceptors (Lipinski definition) is 1. The van der Waals surface area contributed by atoms with Crippen molar-refractivity contribution in [1.29, 1.82) is 0 Å². The van der Waals surface area contributed by atoms with Crippen LogP contribution in [0.4, 0.5) is 0 Å². The average Bonchev–Trinajstić information content (AvgIpc) is 2.32. The fourth-order valence-corrected chi connectivity index (χ4v) is 2.13. The number of benzene rings is 1. The Morgan fingerprint density at radius 2 is 2.00 bits per heavy atom. The van der Waals surface area contributed by atoms with Crippen LogP contribution < -0.4 is 0 Å². The summed E-state index contributed by atoms with van der Waals surface area (Å²) in [5.74, 6) is 1.03. The average molecular weight is 214 g/mol. The molecule has 1 N–H and O–H groups in total. The first-order valence-corrected chi connectivity index (χ1v) is 5.86. The van der Waals surface area contributed by atoms with E-state index in [0.717, 1.165) is 24.8 Å². The Hall–Kier alpha value is -1.50. The van der Waals surface area contributed by atoms with Gasteiger partial charge in [-0.1, -0.05) is 36.4 Å². The molecule has 0 spiro atoms. The van der Waals surface area contributed by atoms with Crippen LogP contribution in [0.3, 0.4) is 0 Å². The molecule has 1 nitrogen and oxygen atoms in total. The third kappa shape index (κ3) is 2.75. The predicted octanol–water partition coefficient (Wildman–Crippen LogP) is 4.03. The fraction of sp³-hybridized carbons (Fsp3) is 0.333. The zero-order chi connectivity index (χ0) is 11.4. The van der Waals surface area contributed by atoms with Crippen molar-refractivity contribution in [3.63, 3.8) is 0 Å². The third-order valence-electron chi connectivity index (χ3n) is 3.18. The van der Waals surface area contributed by atoms with Gasteiger partial charge in [0, 0.05) is 0 Å². The van der Waals surface area contributed by atoms with E-state index in [-0.39, 0.29) is 0 Å². The minimum absolute atomic E-state index is 0.455. The Morgan fingerprint density at radius 1 is 1.25 bits per heavy atom. The zero-order valence-electron chi connectivity index (χ0n) is 9.69. The van der Waals surface area contributed by atoms with Crippen molar-refractivity contribution >= 4 is 0 Å². The molecule has 84 valence electrons. The summed E-state index contributed by atoms with van der Waals surface area (Å²) >= 11 is 0. The molecule has 1 aromatic carbocycles. The summed E-state index contributed by atoms with van der Waals surface area (Å²) in [5, 5.41) is 9.47. The highest BCUT2D eigenvalue weighted by Gasteiger charge is 2.12. The first-order valence-electron chi connectivity index (χ1n) is 5.86. The van der Waals surface area contributed by atoms with E-state index in [2.05, 4.69) is 36.4 Å². The van der Waals surface area contributed by atoms with Crippen LogP contribution >= 0.6 is 0 Å². The molecular formula is C15H18O. The van der Waals surface area contributed by atoms with E-state index in [4.69, 9.17) is 0 Å². The summed E-state index contributed by atoms with van der Waals surface area (Å²) in [6.07, 6.45) is 7.24. The minimum atomic E-state index is 0.455. The van der Waals surface area contributed by atoms with Crippen molar-refractivity contribution in [3.8, 4) is 0 Å². The van der Waals surface area contributed by atoms with Gasteiger partial charge < -0.3 is 5.11 Å². The van der Waals surface area contributed by atoms with Crippen LogP contribution in [0, 0.1) is 5.92 Å². The van der Waals surface area contributed by atoms with Crippen LogP contribution in [0.2, 0.25) is 0 Å². The van der Waals surface area contributed by atoms with E-state index in [9.17, 15) is 5.11 Å². The van der Waals surface area contributed by atoms with Gasteiger partial charge in [-0.3, -0.25) is 0 Å². The smallest absolute Gasteiger partial charge is 0.114 e. The molecule has 16 heavy (non-hydrogen) atoms. The summed E-state index contributed by atoms with van der Waals surface area (Å²) in [7, 11) is 0. The lowest BCUT2D eigenvalue weighted by Gasteiger charge is -2.17. The number of aliphatic hydroxyl groups excluding tert-OH is 1. The minimum Gasteiger partial charge on any atom is -0.508 e. The van der Waals surface area contributed by atoms with Crippen LogP contribution in [-0.2, 0) is 6.42 Å². The zero-order valence-corrected chi connectivity index (χ0v) is 9.69. The molecule has 2 rings (SSSR count). The summed E-state index contributed by atoms with van der Waals surface area (Å²) in [6, 6.07) is 10.6.